The summed E-state index contributed by atoms with van der Waals surface area (Å²) < 4.78 is 0. The van der Waals surface area contributed by atoms with E-state index in [0.717, 1.165) is 25.9 Å². The fourth-order valence-corrected chi connectivity index (χ4v) is 2.73. The molecule has 0 saturated carbocycles. The number of nitrogens with one attached hydrogen (secondary N) is 1. The third kappa shape index (κ3) is 4.06. The van der Waals surface area contributed by atoms with Crippen LogP contribution in [0.15, 0.2) is 42.7 Å². The molecule has 2 heterocycles. The lowest BCUT2D eigenvalue weighted by Crippen LogP contribution is -2.38. The van der Waals surface area contributed by atoms with Gasteiger partial charge in [-0.15, -0.1) is 0 Å². The summed E-state index contributed by atoms with van der Waals surface area (Å²) in [4.78, 5) is 22.8. The second kappa shape index (κ2) is 7.22. The highest BCUT2D eigenvalue weighted by molar-refractivity contribution is 5.92. The largest absolute Gasteiger partial charge is 0.366 e. The first-order valence-corrected chi connectivity index (χ1v) is 8.11. The van der Waals surface area contributed by atoms with Gasteiger partial charge in [-0.05, 0) is 24.3 Å². The molecular formula is C18H22N4O. The molecule has 5 heteroatoms. The molecule has 1 aromatic carbocycles. The Bertz CT molecular complexity index is 651. The van der Waals surface area contributed by atoms with Crippen LogP contribution in [0.1, 0.15) is 35.8 Å². The minimum atomic E-state index is 0.00191. The van der Waals surface area contributed by atoms with Crippen molar-refractivity contribution in [2.45, 2.75) is 26.3 Å². The van der Waals surface area contributed by atoms with Gasteiger partial charge in [0.15, 0.2) is 0 Å². The molecule has 23 heavy (non-hydrogen) atoms. The number of rotatable bonds is 4. The van der Waals surface area contributed by atoms with Crippen molar-refractivity contribution in [3.63, 3.8) is 0 Å². The molecule has 1 fully saturated rings. The zero-order chi connectivity index (χ0) is 16.1. The van der Waals surface area contributed by atoms with E-state index in [1.54, 1.807) is 6.07 Å². The van der Waals surface area contributed by atoms with E-state index in [1.807, 2.05) is 23.1 Å². The smallest absolute Gasteiger partial charge is 0.272 e. The highest BCUT2D eigenvalue weighted by Gasteiger charge is 2.22. The minimum absolute atomic E-state index is 0.00191. The second-order valence-corrected chi connectivity index (χ2v) is 6.10. The average molecular weight is 310 g/mol. The SMILES string of the molecule is CC1CCN(C(=O)c2cc(NCc3ccccc3)ncn2)CC1. The molecule has 120 valence electrons. The van der Waals surface area contributed by atoms with Crippen molar-refractivity contribution in [3.05, 3.63) is 54.0 Å². The van der Waals surface area contributed by atoms with Gasteiger partial charge in [0.1, 0.15) is 17.8 Å². The normalized spacial score (nSPS) is 15.4. The number of anilines is 1. The molecule has 1 amide bonds. The Kier molecular flexibility index (Phi) is 4.86. The van der Waals surface area contributed by atoms with Crippen LogP contribution < -0.4 is 5.32 Å². The van der Waals surface area contributed by atoms with Gasteiger partial charge >= 0.3 is 0 Å². The Labute approximate surface area is 136 Å². The summed E-state index contributed by atoms with van der Waals surface area (Å²) >= 11 is 0. The number of carbonyl (C=O) groups is 1. The molecule has 1 saturated heterocycles. The highest BCUT2D eigenvalue weighted by Crippen LogP contribution is 2.18. The van der Waals surface area contributed by atoms with Crippen LogP contribution in [0.5, 0.6) is 0 Å². The van der Waals surface area contributed by atoms with Crippen molar-refractivity contribution < 1.29 is 4.79 Å². The fourth-order valence-electron chi connectivity index (χ4n) is 2.73. The van der Waals surface area contributed by atoms with Gasteiger partial charge in [0.2, 0.25) is 0 Å². The van der Waals surface area contributed by atoms with Gasteiger partial charge in [0, 0.05) is 25.7 Å². The van der Waals surface area contributed by atoms with Gasteiger partial charge in [-0.3, -0.25) is 4.79 Å². The van der Waals surface area contributed by atoms with Crippen LogP contribution in [0.4, 0.5) is 5.82 Å². The summed E-state index contributed by atoms with van der Waals surface area (Å²) in [5, 5.41) is 3.24. The summed E-state index contributed by atoms with van der Waals surface area (Å²) in [7, 11) is 0. The number of nitrogens with zero attached hydrogens (tertiary/aromatic N) is 3. The van der Waals surface area contributed by atoms with Gasteiger partial charge in [0.25, 0.3) is 5.91 Å². The number of carbonyl (C=O) groups excluding carboxylic acids is 1. The lowest BCUT2D eigenvalue weighted by Gasteiger charge is -2.30. The Balaban J connectivity index is 1.64. The zero-order valence-corrected chi connectivity index (χ0v) is 13.4. The summed E-state index contributed by atoms with van der Waals surface area (Å²) in [5.41, 5.74) is 1.63. The van der Waals surface area contributed by atoms with Crippen LogP contribution in [0.2, 0.25) is 0 Å². The van der Waals surface area contributed by atoms with Crippen molar-refractivity contribution in [1.82, 2.24) is 14.9 Å². The lowest BCUT2D eigenvalue weighted by atomic mass is 9.99. The van der Waals surface area contributed by atoms with E-state index in [0.29, 0.717) is 24.0 Å². The summed E-state index contributed by atoms with van der Waals surface area (Å²) in [6.45, 7) is 4.54. The van der Waals surface area contributed by atoms with Crippen molar-refractivity contribution in [2.75, 3.05) is 18.4 Å². The molecule has 0 atom stereocenters. The van der Waals surface area contributed by atoms with E-state index >= 15 is 0 Å². The molecule has 0 spiro atoms. The fraction of sp³-hybridized carbons (Fsp3) is 0.389. The molecule has 1 aliphatic rings. The number of piperidine rings is 1. The molecule has 0 aliphatic carbocycles. The molecule has 3 rings (SSSR count). The maximum atomic E-state index is 12.5. The Hall–Kier alpha value is -2.43. The molecule has 1 N–H and O–H groups in total. The summed E-state index contributed by atoms with van der Waals surface area (Å²) in [6.07, 6.45) is 3.58. The number of amides is 1. The summed E-state index contributed by atoms with van der Waals surface area (Å²) in [5.74, 6) is 1.38. The number of hydrogen-bond acceptors (Lipinski definition) is 4. The molecule has 0 bridgehead atoms. The summed E-state index contributed by atoms with van der Waals surface area (Å²) in [6, 6.07) is 11.8. The van der Waals surface area contributed by atoms with Gasteiger partial charge in [0.05, 0.1) is 0 Å². The van der Waals surface area contributed by atoms with E-state index in [4.69, 9.17) is 0 Å². The number of likely N-dealkylation sites (tertiary alicyclic amines) is 1. The van der Waals surface area contributed by atoms with Gasteiger partial charge in [-0.2, -0.15) is 0 Å². The maximum absolute atomic E-state index is 12.5. The van der Waals surface area contributed by atoms with E-state index in [2.05, 4.69) is 34.3 Å². The highest BCUT2D eigenvalue weighted by atomic mass is 16.2. The van der Waals surface area contributed by atoms with Crippen LogP contribution in [0.25, 0.3) is 0 Å². The third-order valence-electron chi connectivity index (χ3n) is 4.27. The maximum Gasteiger partial charge on any atom is 0.272 e. The average Bonchev–Trinajstić information content (AvgIpc) is 2.61. The van der Waals surface area contributed by atoms with Gasteiger partial charge < -0.3 is 10.2 Å². The van der Waals surface area contributed by atoms with E-state index in [1.165, 1.54) is 11.9 Å². The topological polar surface area (TPSA) is 58.1 Å². The molecule has 1 aliphatic heterocycles. The minimum Gasteiger partial charge on any atom is -0.366 e. The molecule has 1 aromatic heterocycles. The van der Waals surface area contributed by atoms with Crippen molar-refractivity contribution in [1.29, 1.82) is 0 Å². The number of hydrogen-bond donors (Lipinski definition) is 1. The van der Waals surface area contributed by atoms with E-state index in [9.17, 15) is 4.79 Å². The second-order valence-electron chi connectivity index (χ2n) is 6.10. The molecule has 2 aromatic rings. The quantitative estimate of drug-likeness (QED) is 0.943. The predicted molar refractivity (Wildman–Crippen MR) is 90.1 cm³/mol. The van der Waals surface area contributed by atoms with Crippen LogP contribution in [-0.4, -0.2) is 33.9 Å². The first-order valence-electron chi connectivity index (χ1n) is 8.11. The van der Waals surface area contributed by atoms with E-state index < -0.39 is 0 Å². The van der Waals surface area contributed by atoms with Crippen molar-refractivity contribution >= 4 is 11.7 Å². The van der Waals surface area contributed by atoms with Crippen LogP contribution in [-0.2, 0) is 6.54 Å². The number of benzene rings is 1. The Morgan fingerprint density at radius 3 is 2.70 bits per heavy atom. The van der Waals surface area contributed by atoms with Gasteiger partial charge in [-0.1, -0.05) is 37.3 Å². The molecule has 0 radical (unpaired) electrons. The predicted octanol–water partition coefficient (Wildman–Crippen LogP) is 2.96. The van der Waals surface area contributed by atoms with Gasteiger partial charge in [-0.25, -0.2) is 9.97 Å². The van der Waals surface area contributed by atoms with Crippen molar-refractivity contribution in [2.24, 2.45) is 5.92 Å². The third-order valence-corrected chi connectivity index (χ3v) is 4.27. The monoisotopic (exact) mass is 310 g/mol. The number of aromatic nitrogens is 2. The first kappa shape index (κ1) is 15.5. The standard InChI is InChI=1S/C18H22N4O/c1-14-7-9-22(10-8-14)18(23)16-11-17(21-13-20-16)19-12-15-5-3-2-4-6-15/h2-6,11,13-14H,7-10,12H2,1H3,(H,19,20,21). The molecular weight excluding hydrogens is 288 g/mol. The Morgan fingerprint density at radius 1 is 1.22 bits per heavy atom. The molecule has 0 unspecified atom stereocenters. The van der Waals surface area contributed by atoms with Crippen molar-refractivity contribution in [3.8, 4) is 0 Å². The first-order chi connectivity index (χ1) is 11.2. The van der Waals surface area contributed by atoms with Crippen LogP contribution >= 0.6 is 0 Å². The lowest BCUT2D eigenvalue weighted by molar-refractivity contribution is 0.0691. The Morgan fingerprint density at radius 2 is 1.96 bits per heavy atom. The zero-order valence-electron chi connectivity index (χ0n) is 13.4. The van der Waals surface area contributed by atoms with E-state index in [-0.39, 0.29) is 5.91 Å². The molecule has 5 nitrogen and oxygen atoms in total. The van der Waals surface area contributed by atoms with Crippen LogP contribution in [0, 0.1) is 5.92 Å². The van der Waals surface area contributed by atoms with Crippen LogP contribution in [0.3, 0.4) is 0 Å².